The number of fused-ring (bicyclic) bond motifs is 1. The van der Waals surface area contributed by atoms with E-state index in [4.69, 9.17) is 14.7 Å². The predicted octanol–water partition coefficient (Wildman–Crippen LogP) is 1.60. The average Bonchev–Trinajstić information content (AvgIpc) is 3.75. The first-order valence-electron chi connectivity index (χ1n) is 14.4. The third-order valence-corrected chi connectivity index (χ3v) is 7.81. The lowest BCUT2D eigenvalue weighted by molar-refractivity contribution is -0.137. The first-order chi connectivity index (χ1) is 20.5. The number of anilines is 2. The summed E-state index contributed by atoms with van der Waals surface area (Å²) in [6.07, 6.45) is -2.63. The van der Waals surface area contributed by atoms with E-state index in [0.29, 0.717) is 36.0 Å². The van der Waals surface area contributed by atoms with E-state index in [2.05, 4.69) is 50.5 Å². The summed E-state index contributed by atoms with van der Waals surface area (Å²) in [5.74, 6) is 0.488. The number of aliphatic hydroxyl groups is 2. The van der Waals surface area contributed by atoms with Gasteiger partial charge in [-0.1, -0.05) is 60.7 Å². The molecule has 5 atom stereocenters. The Labute approximate surface area is 243 Å². The summed E-state index contributed by atoms with van der Waals surface area (Å²) in [5, 5.41) is 34.4. The number of amides is 1. The molecule has 220 valence electrons. The van der Waals surface area contributed by atoms with Gasteiger partial charge in [0.15, 0.2) is 29.3 Å². The molecule has 1 amide bonds. The SMILES string of the molecule is CCNC(=O)[C@H]1O[C@@H](n2cnc3c(NCC(c4ccccc4)c4ccccc4)nc(N[C@@H]4CCNC4)nc32)[C@H](O)[C@@H]1O. The van der Waals surface area contributed by atoms with Crippen molar-refractivity contribution in [2.45, 2.75) is 49.8 Å². The first kappa shape index (κ1) is 28.0. The molecule has 2 aromatic carbocycles. The van der Waals surface area contributed by atoms with Gasteiger partial charge in [0.25, 0.3) is 5.91 Å². The van der Waals surface area contributed by atoms with E-state index in [1.54, 1.807) is 11.5 Å². The molecule has 0 saturated carbocycles. The molecular formula is C30H36N8O4. The Morgan fingerprint density at radius 2 is 1.79 bits per heavy atom. The van der Waals surface area contributed by atoms with E-state index in [-0.39, 0.29) is 12.0 Å². The standard InChI is InChI=1S/C30H36N8O4/c1-2-32-28(41)25-23(39)24(40)29(42-25)38-17-34-22-26(36-30(37-27(22)38)35-20-13-14-31-15-20)33-16-21(18-9-5-3-6-10-18)19-11-7-4-8-12-19/h3-12,17,20-21,23-25,29,31,39-40H,2,13-16H2,1H3,(H,32,41)(H2,33,35,36,37)/t20-,23+,24-,25+,29-/m1/s1. The lowest BCUT2D eigenvalue weighted by Gasteiger charge is -2.20. The second-order valence-corrected chi connectivity index (χ2v) is 10.6. The van der Waals surface area contributed by atoms with Gasteiger partial charge in [0, 0.05) is 31.6 Å². The molecular weight excluding hydrogens is 536 g/mol. The van der Waals surface area contributed by atoms with Gasteiger partial charge in [-0.15, -0.1) is 0 Å². The van der Waals surface area contributed by atoms with Crippen molar-refractivity contribution in [2.24, 2.45) is 0 Å². The summed E-state index contributed by atoms with van der Waals surface area (Å²) in [6, 6.07) is 20.7. The van der Waals surface area contributed by atoms with Gasteiger partial charge in [-0.25, -0.2) is 4.98 Å². The van der Waals surface area contributed by atoms with Crippen LogP contribution >= 0.6 is 0 Å². The third-order valence-electron chi connectivity index (χ3n) is 7.81. The summed E-state index contributed by atoms with van der Waals surface area (Å²) < 4.78 is 7.43. The first-order valence-corrected chi connectivity index (χ1v) is 14.4. The van der Waals surface area contributed by atoms with Crippen LogP contribution in [0.15, 0.2) is 67.0 Å². The number of ether oxygens (including phenoxy) is 1. The molecule has 2 fully saturated rings. The van der Waals surface area contributed by atoms with Crippen LogP contribution in [0, 0.1) is 0 Å². The molecule has 2 saturated heterocycles. The fraction of sp³-hybridized carbons (Fsp3) is 0.400. The van der Waals surface area contributed by atoms with Crippen molar-refractivity contribution in [3.63, 3.8) is 0 Å². The molecule has 0 bridgehead atoms. The van der Waals surface area contributed by atoms with Gasteiger partial charge >= 0.3 is 0 Å². The number of hydrogen-bond acceptors (Lipinski definition) is 10. The molecule has 6 N–H and O–H groups in total. The maximum atomic E-state index is 12.5. The van der Waals surface area contributed by atoms with Crippen LogP contribution < -0.4 is 21.3 Å². The molecule has 2 aliphatic heterocycles. The predicted molar refractivity (Wildman–Crippen MR) is 158 cm³/mol. The molecule has 0 spiro atoms. The fourth-order valence-electron chi connectivity index (χ4n) is 5.63. The molecule has 4 heterocycles. The van der Waals surface area contributed by atoms with Crippen LogP contribution in [0.5, 0.6) is 0 Å². The Morgan fingerprint density at radius 1 is 1.07 bits per heavy atom. The number of carbonyl (C=O) groups is 1. The van der Waals surface area contributed by atoms with E-state index in [1.165, 1.54) is 6.33 Å². The summed E-state index contributed by atoms with van der Waals surface area (Å²) in [7, 11) is 0. The highest BCUT2D eigenvalue weighted by molar-refractivity contribution is 5.85. The monoisotopic (exact) mass is 572 g/mol. The number of hydrogen-bond donors (Lipinski definition) is 6. The summed E-state index contributed by atoms with van der Waals surface area (Å²) in [6.45, 7) is 4.38. The Bertz CT molecular complexity index is 1460. The van der Waals surface area contributed by atoms with Gasteiger partial charge in [-0.3, -0.25) is 9.36 Å². The summed E-state index contributed by atoms with van der Waals surface area (Å²) >= 11 is 0. The van der Waals surface area contributed by atoms with Crippen LogP contribution in [0.1, 0.15) is 36.6 Å². The van der Waals surface area contributed by atoms with Crippen molar-refractivity contribution in [2.75, 3.05) is 36.8 Å². The lowest BCUT2D eigenvalue weighted by atomic mass is 9.91. The van der Waals surface area contributed by atoms with Gasteiger partial charge in [0.05, 0.1) is 6.33 Å². The highest BCUT2D eigenvalue weighted by atomic mass is 16.6. The largest absolute Gasteiger partial charge is 0.387 e. The number of nitrogens with zero attached hydrogens (tertiary/aromatic N) is 4. The van der Waals surface area contributed by atoms with Crippen molar-refractivity contribution in [1.29, 1.82) is 0 Å². The van der Waals surface area contributed by atoms with Crippen molar-refractivity contribution in [3.05, 3.63) is 78.1 Å². The van der Waals surface area contributed by atoms with Crippen LogP contribution in [0.4, 0.5) is 11.8 Å². The number of benzene rings is 2. The summed E-state index contributed by atoms with van der Waals surface area (Å²) in [5.41, 5.74) is 3.21. The molecule has 2 aliphatic rings. The zero-order valence-electron chi connectivity index (χ0n) is 23.4. The zero-order chi connectivity index (χ0) is 29.1. The Kier molecular flexibility index (Phi) is 8.29. The molecule has 12 nitrogen and oxygen atoms in total. The van der Waals surface area contributed by atoms with E-state index >= 15 is 0 Å². The molecule has 0 radical (unpaired) electrons. The minimum Gasteiger partial charge on any atom is -0.387 e. The van der Waals surface area contributed by atoms with Crippen molar-refractivity contribution < 1.29 is 19.7 Å². The maximum absolute atomic E-state index is 12.5. The number of rotatable bonds is 10. The minimum atomic E-state index is -1.40. The van der Waals surface area contributed by atoms with E-state index < -0.39 is 30.4 Å². The Morgan fingerprint density at radius 3 is 2.43 bits per heavy atom. The minimum absolute atomic E-state index is 0.0444. The van der Waals surface area contributed by atoms with Crippen LogP contribution in [0.3, 0.4) is 0 Å². The van der Waals surface area contributed by atoms with Crippen molar-refractivity contribution in [1.82, 2.24) is 30.2 Å². The molecule has 6 rings (SSSR count). The van der Waals surface area contributed by atoms with Gasteiger partial charge < -0.3 is 36.2 Å². The number of likely N-dealkylation sites (N-methyl/N-ethyl adjacent to an activating group) is 1. The van der Waals surface area contributed by atoms with Crippen LogP contribution in [-0.4, -0.2) is 86.2 Å². The van der Waals surface area contributed by atoms with Gasteiger partial charge in [0.2, 0.25) is 5.95 Å². The Hall–Kier alpha value is -4.10. The van der Waals surface area contributed by atoms with Gasteiger partial charge in [0.1, 0.15) is 12.2 Å². The topological polar surface area (TPSA) is 158 Å². The second-order valence-electron chi connectivity index (χ2n) is 10.6. The molecule has 12 heteroatoms. The van der Waals surface area contributed by atoms with E-state index in [1.807, 2.05) is 36.4 Å². The van der Waals surface area contributed by atoms with Gasteiger partial charge in [-0.05, 0) is 31.0 Å². The number of aromatic nitrogens is 4. The summed E-state index contributed by atoms with van der Waals surface area (Å²) in [4.78, 5) is 26.6. The number of imidazole rings is 1. The smallest absolute Gasteiger partial charge is 0.252 e. The van der Waals surface area contributed by atoms with Crippen molar-refractivity contribution in [3.8, 4) is 0 Å². The number of nitrogens with one attached hydrogen (secondary N) is 4. The average molecular weight is 573 g/mol. The lowest BCUT2D eigenvalue weighted by Crippen LogP contribution is -2.42. The highest BCUT2D eigenvalue weighted by Gasteiger charge is 2.47. The number of carbonyl (C=O) groups excluding carboxylic acids is 1. The third kappa shape index (κ3) is 5.66. The van der Waals surface area contributed by atoms with E-state index in [0.717, 1.165) is 30.6 Å². The maximum Gasteiger partial charge on any atom is 0.252 e. The zero-order valence-corrected chi connectivity index (χ0v) is 23.4. The number of aliphatic hydroxyl groups excluding tert-OH is 2. The molecule has 2 aromatic heterocycles. The Balaban J connectivity index is 1.35. The second kappa shape index (κ2) is 12.4. The molecule has 4 aromatic rings. The van der Waals surface area contributed by atoms with Crippen LogP contribution in [0.2, 0.25) is 0 Å². The van der Waals surface area contributed by atoms with Crippen LogP contribution in [-0.2, 0) is 9.53 Å². The molecule has 42 heavy (non-hydrogen) atoms. The normalized spacial score (nSPS) is 23.9. The molecule has 0 aliphatic carbocycles. The quantitative estimate of drug-likeness (QED) is 0.165. The van der Waals surface area contributed by atoms with Gasteiger partial charge in [-0.2, -0.15) is 9.97 Å². The fourth-order valence-corrected chi connectivity index (χ4v) is 5.63. The van der Waals surface area contributed by atoms with Crippen molar-refractivity contribution >= 4 is 28.8 Å². The highest BCUT2D eigenvalue weighted by Crippen LogP contribution is 2.34. The van der Waals surface area contributed by atoms with Crippen LogP contribution in [0.25, 0.3) is 11.2 Å². The van der Waals surface area contributed by atoms with E-state index in [9.17, 15) is 15.0 Å². The molecule has 0 unspecified atom stereocenters.